The molecule has 2 N–H and O–H groups in total. The fourth-order valence-corrected chi connectivity index (χ4v) is 2.17. The number of rotatable bonds is 6. The summed E-state index contributed by atoms with van der Waals surface area (Å²) in [5, 5.41) is 9.13. The first-order valence-corrected chi connectivity index (χ1v) is 8.55. The Bertz CT molecular complexity index is 843. The van der Waals surface area contributed by atoms with Gasteiger partial charge in [0.1, 0.15) is 5.60 Å². The maximum atomic E-state index is 12.1. The van der Waals surface area contributed by atoms with Crippen molar-refractivity contribution in [2.24, 2.45) is 0 Å². The van der Waals surface area contributed by atoms with Crippen molar-refractivity contribution in [3.05, 3.63) is 29.7 Å². The Hall–Kier alpha value is -2.85. The van der Waals surface area contributed by atoms with Crippen molar-refractivity contribution in [3.63, 3.8) is 0 Å². The van der Waals surface area contributed by atoms with Gasteiger partial charge in [-0.1, -0.05) is 0 Å². The number of nitrogens with zero attached hydrogens (tertiary/aromatic N) is 3. The Balaban J connectivity index is 1.90. The number of ether oxygens (including phenoxy) is 1. The molecule has 0 saturated carbocycles. The number of halogens is 3. The van der Waals surface area contributed by atoms with Crippen molar-refractivity contribution in [1.82, 2.24) is 25.2 Å². The van der Waals surface area contributed by atoms with Gasteiger partial charge in [-0.2, -0.15) is 18.3 Å². The molecule has 2 amide bonds. The number of amides is 2. The van der Waals surface area contributed by atoms with E-state index >= 15 is 0 Å². The second-order valence-corrected chi connectivity index (χ2v) is 7.15. The van der Waals surface area contributed by atoms with Crippen LogP contribution in [0.15, 0.2) is 18.5 Å². The van der Waals surface area contributed by atoms with Crippen LogP contribution in [0.2, 0.25) is 0 Å². The first kappa shape index (κ1) is 21.5. The molecule has 0 aliphatic carbocycles. The Labute approximate surface area is 159 Å². The minimum Gasteiger partial charge on any atom is -0.444 e. The molecule has 2 aromatic rings. The summed E-state index contributed by atoms with van der Waals surface area (Å²) in [6.45, 7) is 5.45. The van der Waals surface area contributed by atoms with E-state index in [2.05, 4.69) is 20.7 Å². The zero-order valence-electron chi connectivity index (χ0n) is 15.8. The quantitative estimate of drug-likeness (QED) is 0.776. The molecule has 2 heterocycles. The number of alkyl halides is 3. The van der Waals surface area contributed by atoms with Gasteiger partial charge in [0.15, 0.2) is 5.65 Å². The van der Waals surface area contributed by atoms with Gasteiger partial charge in [0.05, 0.1) is 31.1 Å². The number of aromatic nitrogens is 3. The molecule has 0 atom stereocenters. The van der Waals surface area contributed by atoms with E-state index in [0.717, 1.165) is 0 Å². The third-order valence-corrected chi connectivity index (χ3v) is 3.36. The van der Waals surface area contributed by atoms with Crippen LogP contribution in [-0.4, -0.2) is 38.4 Å². The van der Waals surface area contributed by atoms with E-state index in [1.165, 1.54) is 10.7 Å². The third kappa shape index (κ3) is 7.41. The number of fused-ring (bicyclic) bond motifs is 1. The van der Waals surface area contributed by atoms with Gasteiger partial charge < -0.3 is 15.4 Å². The molecule has 154 valence electrons. The van der Waals surface area contributed by atoms with Crippen LogP contribution in [0.5, 0.6) is 0 Å². The predicted octanol–water partition coefficient (Wildman–Crippen LogP) is 2.71. The molecule has 28 heavy (non-hydrogen) atoms. The lowest BCUT2D eigenvalue weighted by Crippen LogP contribution is -2.32. The smallest absolute Gasteiger partial charge is 0.407 e. The lowest BCUT2D eigenvalue weighted by molar-refractivity contribution is -0.144. The summed E-state index contributed by atoms with van der Waals surface area (Å²) in [6.07, 6.45) is -3.62. The number of imidazole rings is 1. The summed E-state index contributed by atoms with van der Waals surface area (Å²) < 4.78 is 43.0. The van der Waals surface area contributed by atoms with Gasteiger partial charge >= 0.3 is 12.3 Å². The molecule has 0 aromatic carbocycles. The van der Waals surface area contributed by atoms with Crippen molar-refractivity contribution in [1.29, 1.82) is 0 Å². The van der Waals surface area contributed by atoms with Crippen LogP contribution >= 0.6 is 0 Å². The van der Waals surface area contributed by atoms with Crippen LogP contribution < -0.4 is 10.6 Å². The van der Waals surface area contributed by atoms with Gasteiger partial charge in [-0.05, 0) is 32.4 Å². The zero-order valence-corrected chi connectivity index (χ0v) is 15.8. The number of carbonyl (C=O) groups is 2. The number of carbonyl (C=O) groups excluding carboxylic acids is 2. The number of alkyl carbamates (subject to hydrolysis) is 1. The Morgan fingerprint density at radius 1 is 1.18 bits per heavy atom. The molecule has 0 aliphatic heterocycles. The van der Waals surface area contributed by atoms with Crippen LogP contribution in [0.4, 0.5) is 18.0 Å². The van der Waals surface area contributed by atoms with Crippen molar-refractivity contribution in [2.75, 3.05) is 0 Å². The van der Waals surface area contributed by atoms with Crippen LogP contribution in [0.1, 0.15) is 44.9 Å². The van der Waals surface area contributed by atoms with E-state index in [1.54, 1.807) is 33.0 Å². The highest BCUT2D eigenvalue weighted by Gasteiger charge is 2.27. The molecule has 0 bridgehead atoms. The van der Waals surface area contributed by atoms with Gasteiger partial charge in [0, 0.05) is 13.0 Å². The summed E-state index contributed by atoms with van der Waals surface area (Å²) in [7, 11) is 0. The van der Waals surface area contributed by atoms with Crippen molar-refractivity contribution < 1.29 is 27.5 Å². The average molecular weight is 401 g/mol. The van der Waals surface area contributed by atoms with Gasteiger partial charge in [0.25, 0.3) is 0 Å². The van der Waals surface area contributed by atoms with Gasteiger partial charge in [-0.15, -0.1) is 0 Å². The van der Waals surface area contributed by atoms with Crippen LogP contribution in [-0.2, 0) is 22.6 Å². The molecule has 0 radical (unpaired) electrons. The monoisotopic (exact) mass is 401 g/mol. The molecule has 0 spiro atoms. The number of hydrogen-bond acceptors (Lipinski definition) is 5. The highest BCUT2D eigenvalue weighted by Crippen LogP contribution is 2.21. The minimum atomic E-state index is -4.36. The molecule has 2 aromatic heterocycles. The molecular weight excluding hydrogens is 379 g/mol. The summed E-state index contributed by atoms with van der Waals surface area (Å²) in [4.78, 5) is 27.5. The third-order valence-electron chi connectivity index (χ3n) is 3.36. The van der Waals surface area contributed by atoms with E-state index in [0.29, 0.717) is 16.9 Å². The van der Waals surface area contributed by atoms with Crippen molar-refractivity contribution >= 4 is 17.6 Å². The van der Waals surface area contributed by atoms with Gasteiger partial charge in [0.2, 0.25) is 5.91 Å². The summed E-state index contributed by atoms with van der Waals surface area (Å²) in [5.74, 6) is -0.692. The fourth-order valence-electron chi connectivity index (χ4n) is 2.17. The topological polar surface area (TPSA) is 97.6 Å². The maximum Gasteiger partial charge on any atom is 0.407 e. The maximum absolute atomic E-state index is 12.1. The molecule has 0 unspecified atom stereocenters. The molecule has 0 aliphatic rings. The summed E-state index contributed by atoms with van der Waals surface area (Å²) >= 11 is 0. The molecule has 11 heteroatoms. The van der Waals surface area contributed by atoms with Crippen molar-refractivity contribution in [2.45, 2.75) is 58.5 Å². The van der Waals surface area contributed by atoms with Gasteiger partial charge in [-0.3, -0.25) is 4.79 Å². The van der Waals surface area contributed by atoms with Crippen LogP contribution in [0.3, 0.4) is 0 Å². The standard InChI is InChI=1S/C17H22F3N5O3/c1-16(2,3)28-15(27)22-9-12-10-25-13(24-12)6-11(8-23-25)7-21-14(26)4-5-17(18,19)20/h6,8,10H,4-5,7,9H2,1-3H3,(H,21,26)(H,22,27). The first-order valence-electron chi connectivity index (χ1n) is 8.55. The minimum absolute atomic E-state index is 0.0402. The molecule has 0 fully saturated rings. The Morgan fingerprint density at radius 2 is 1.89 bits per heavy atom. The summed E-state index contributed by atoms with van der Waals surface area (Å²) in [5.41, 5.74) is 1.00. The van der Waals surface area contributed by atoms with Crippen molar-refractivity contribution in [3.8, 4) is 0 Å². The van der Waals surface area contributed by atoms with Crippen LogP contribution in [0, 0.1) is 0 Å². The second kappa shape index (κ2) is 8.44. The van der Waals surface area contributed by atoms with Crippen LogP contribution in [0.25, 0.3) is 5.65 Å². The fraction of sp³-hybridized carbons (Fsp3) is 0.529. The highest BCUT2D eigenvalue weighted by molar-refractivity contribution is 5.75. The van der Waals surface area contributed by atoms with E-state index in [4.69, 9.17) is 4.74 Å². The number of hydrogen-bond donors (Lipinski definition) is 2. The number of nitrogens with one attached hydrogen (secondary N) is 2. The van der Waals surface area contributed by atoms with E-state index in [-0.39, 0.29) is 13.1 Å². The normalized spacial score (nSPS) is 12.1. The lowest BCUT2D eigenvalue weighted by atomic mass is 10.2. The first-order chi connectivity index (χ1) is 12.9. The Kier molecular flexibility index (Phi) is 6.47. The second-order valence-electron chi connectivity index (χ2n) is 7.15. The largest absolute Gasteiger partial charge is 0.444 e. The van der Waals surface area contributed by atoms with E-state index < -0.39 is 36.6 Å². The molecular formula is C17H22F3N5O3. The Morgan fingerprint density at radius 3 is 2.54 bits per heavy atom. The van der Waals surface area contributed by atoms with E-state index in [9.17, 15) is 22.8 Å². The van der Waals surface area contributed by atoms with E-state index in [1.807, 2.05) is 0 Å². The van der Waals surface area contributed by atoms with Gasteiger partial charge in [-0.25, -0.2) is 14.3 Å². The SMILES string of the molecule is CC(C)(C)OC(=O)NCc1cn2ncc(CNC(=O)CCC(F)(F)F)cc2n1. The summed E-state index contributed by atoms with van der Waals surface area (Å²) in [6, 6.07) is 1.65. The molecule has 8 nitrogen and oxygen atoms in total. The molecule has 2 rings (SSSR count). The average Bonchev–Trinajstić information content (AvgIpc) is 2.96. The zero-order chi connectivity index (χ0) is 20.9. The lowest BCUT2D eigenvalue weighted by Gasteiger charge is -2.19. The highest BCUT2D eigenvalue weighted by atomic mass is 19.4. The predicted molar refractivity (Wildman–Crippen MR) is 93.2 cm³/mol. The molecule has 0 saturated heterocycles.